The quantitative estimate of drug-likeness (QED) is 0.772. The Hall–Kier alpha value is -1.44. The van der Waals surface area contributed by atoms with Crippen LogP contribution in [0.5, 0.6) is 0 Å². The van der Waals surface area contributed by atoms with Gasteiger partial charge in [-0.3, -0.25) is 5.32 Å². The van der Waals surface area contributed by atoms with Gasteiger partial charge in [0, 0.05) is 0 Å². The van der Waals surface area contributed by atoms with Gasteiger partial charge >= 0.3 is 0 Å². The van der Waals surface area contributed by atoms with E-state index in [2.05, 4.69) is 5.32 Å². The third-order valence-electron chi connectivity index (χ3n) is 2.55. The summed E-state index contributed by atoms with van der Waals surface area (Å²) in [5, 5.41) is 4.44. The second-order valence-corrected chi connectivity index (χ2v) is 4.80. The van der Waals surface area contributed by atoms with Crippen molar-refractivity contribution in [2.75, 3.05) is 0 Å². The molecule has 0 aliphatic carbocycles. The predicted octanol–water partition coefficient (Wildman–Crippen LogP) is 4.66. The van der Waals surface area contributed by atoms with Crippen LogP contribution in [-0.4, -0.2) is 0 Å². The first-order valence-corrected chi connectivity index (χ1v) is 6.34. The minimum Gasteiger partial charge on any atom is -0.278 e. The van der Waals surface area contributed by atoms with Crippen LogP contribution in [0.3, 0.4) is 0 Å². The smallest absolute Gasteiger partial charge is 0.124 e. The molecular weight excluding hydrogens is 265 g/mol. The second-order valence-electron chi connectivity index (χ2n) is 3.79. The first-order valence-electron chi connectivity index (χ1n) is 5.58. The average Bonchev–Trinajstić information content (AvgIpc) is 2.41. The van der Waals surface area contributed by atoms with Crippen LogP contribution < -0.4 is 5.32 Å². The number of hydrogen-bond donors (Lipinski definition) is 0. The van der Waals surface area contributed by atoms with Crippen LogP contribution in [0.25, 0.3) is 0 Å². The van der Waals surface area contributed by atoms with Crippen molar-refractivity contribution in [2.24, 2.45) is 0 Å². The highest BCUT2D eigenvalue weighted by Crippen LogP contribution is 2.23. The highest BCUT2D eigenvalue weighted by molar-refractivity contribution is 6.55. The third kappa shape index (κ3) is 3.52. The Labute approximate surface area is 117 Å². The van der Waals surface area contributed by atoms with Crippen molar-refractivity contribution in [3.05, 3.63) is 82.5 Å². The molecule has 1 radical (unpaired) electrons. The van der Waals surface area contributed by atoms with Gasteiger partial charge in [-0.05, 0) is 11.1 Å². The molecule has 0 aromatic heterocycles. The van der Waals surface area contributed by atoms with Crippen molar-refractivity contribution < 1.29 is 0 Å². The molecule has 0 amide bonds. The van der Waals surface area contributed by atoms with E-state index in [1.165, 1.54) is 6.20 Å². The van der Waals surface area contributed by atoms with Crippen LogP contribution in [0.4, 0.5) is 0 Å². The van der Waals surface area contributed by atoms with Crippen LogP contribution in [0.15, 0.2) is 71.4 Å². The molecule has 1 nitrogen and oxygen atoms in total. The molecule has 0 fully saturated rings. The topological polar surface area (TPSA) is 14.1 Å². The lowest BCUT2D eigenvalue weighted by Gasteiger charge is -2.16. The summed E-state index contributed by atoms with van der Waals surface area (Å²) in [5.74, 6) is 0. The maximum absolute atomic E-state index is 5.63. The standard InChI is InChI=1S/C15H12Cl2N/c16-14(17)11-18-15(12-7-3-1-4-8-12)13-9-5-2-6-10-13/h1-11,15H. The summed E-state index contributed by atoms with van der Waals surface area (Å²) in [7, 11) is 0. The molecule has 0 saturated heterocycles. The Bertz CT molecular complexity index is 465. The molecule has 2 aromatic carbocycles. The van der Waals surface area contributed by atoms with E-state index in [0.717, 1.165) is 11.1 Å². The lowest BCUT2D eigenvalue weighted by molar-refractivity contribution is 0.715. The maximum Gasteiger partial charge on any atom is 0.124 e. The lowest BCUT2D eigenvalue weighted by Crippen LogP contribution is -2.10. The largest absolute Gasteiger partial charge is 0.278 e. The SMILES string of the molecule is ClC(Cl)=C[N]C(c1ccccc1)c1ccccc1. The van der Waals surface area contributed by atoms with Crippen molar-refractivity contribution >= 4 is 23.2 Å². The van der Waals surface area contributed by atoms with Gasteiger partial charge in [-0.15, -0.1) is 0 Å². The molecule has 0 heterocycles. The zero-order valence-electron chi connectivity index (χ0n) is 9.63. The van der Waals surface area contributed by atoms with Gasteiger partial charge < -0.3 is 0 Å². The van der Waals surface area contributed by atoms with Gasteiger partial charge in [-0.25, -0.2) is 0 Å². The number of nitrogens with zero attached hydrogens (tertiary/aromatic N) is 1. The van der Waals surface area contributed by atoms with Crippen LogP contribution in [-0.2, 0) is 0 Å². The predicted molar refractivity (Wildman–Crippen MR) is 76.7 cm³/mol. The molecule has 0 N–H and O–H groups in total. The molecule has 3 heteroatoms. The van der Waals surface area contributed by atoms with Gasteiger partial charge in [0.25, 0.3) is 0 Å². The zero-order valence-corrected chi connectivity index (χ0v) is 11.1. The maximum atomic E-state index is 5.63. The summed E-state index contributed by atoms with van der Waals surface area (Å²) >= 11 is 11.3. The summed E-state index contributed by atoms with van der Waals surface area (Å²) in [4.78, 5) is 0. The minimum absolute atomic E-state index is 0.0834. The fourth-order valence-corrected chi connectivity index (χ4v) is 1.88. The normalized spacial score (nSPS) is 10.2. The van der Waals surface area contributed by atoms with Crippen molar-refractivity contribution in [2.45, 2.75) is 6.04 Å². The van der Waals surface area contributed by atoms with Crippen molar-refractivity contribution in [3.8, 4) is 0 Å². The van der Waals surface area contributed by atoms with Gasteiger partial charge in [0.05, 0.1) is 12.2 Å². The number of hydrogen-bond acceptors (Lipinski definition) is 0. The van der Waals surface area contributed by atoms with Gasteiger partial charge in [0.1, 0.15) is 4.49 Å². The summed E-state index contributed by atoms with van der Waals surface area (Å²) in [5.41, 5.74) is 2.21. The lowest BCUT2D eigenvalue weighted by atomic mass is 9.99. The van der Waals surface area contributed by atoms with Crippen LogP contribution in [0.2, 0.25) is 0 Å². The Balaban J connectivity index is 2.32. The molecule has 0 atom stereocenters. The molecule has 0 spiro atoms. The highest BCUT2D eigenvalue weighted by Gasteiger charge is 2.13. The van der Waals surface area contributed by atoms with E-state index in [0.29, 0.717) is 0 Å². The monoisotopic (exact) mass is 276 g/mol. The average molecular weight is 277 g/mol. The molecule has 0 saturated carbocycles. The molecule has 0 aliphatic heterocycles. The minimum atomic E-state index is -0.0834. The van der Waals surface area contributed by atoms with E-state index in [1.54, 1.807) is 0 Å². The Morgan fingerprint density at radius 1 is 0.833 bits per heavy atom. The summed E-state index contributed by atoms with van der Waals surface area (Å²) < 4.78 is 0.159. The Morgan fingerprint density at radius 2 is 1.28 bits per heavy atom. The molecular formula is C15H12Cl2N. The Kier molecular flexibility index (Phi) is 4.68. The van der Waals surface area contributed by atoms with E-state index < -0.39 is 0 Å². The van der Waals surface area contributed by atoms with Gasteiger partial charge in [-0.1, -0.05) is 83.9 Å². The zero-order chi connectivity index (χ0) is 12.8. The van der Waals surface area contributed by atoms with Crippen molar-refractivity contribution in [1.29, 1.82) is 0 Å². The van der Waals surface area contributed by atoms with Crippen molar-refractivity contribution in [1.82, 2.24) is 5.32 Å². The van der Waals surface area contributed by atoms with Gasteiger partial charge in [0.15, 0.2) is 0 Å². The summed E-state index contributed by atoms with van der Waals surface area (Å²) in [6.07, 6.45) is 1.48. The number of halogens is 2. The molecule has 18 heavy (non-hydrogen) atoms. The van der Waals surface area contributed by atoms with Crippen LogP contribution in [0.1, 0.15) is 17.2 Å². The van der Waals surface area contributed by atoms with Crippen LogP contribution >= 0.6 is 23.2 Å². The second kappa shape index (κ2) is 6.48. The van der Waals surface area contributed by atoms with Crippen LogP contribution in [0, 0.1) is 0 Å². The molecule has 0 bridgehead atoms. The summed E-state index contributed by atoms with van der Waals surface area (Å²) in [6, 6.07) is 20.0. The fraction of sp³-hybridized carbons (Fsp3) is 0.0667. The van der Waals surface area contributed by atoms with Crippen molar-refractivity contribution in [3.63, 3.8) is 0 Å². The summed E-state index contributed by atoms with van der Waals surface area (Å²) in [6.45, 7) is 0. The molecule has 0 unspecified atom stereocenters. The first-order chi connectivity index (χ1) is 8.77. The number of benzene rings is 2. The van der Waals surface area contributed by atoms with Gasteiger partial charge in [0.2, 0.25) is 0 Å². The third-order valence-corrected chi connectivity index (χ3v) is 2.75. The highest BCUT2D eigenvalue weighted by atomic mass is 35.5. The fourth-order valence-electron chi connectivity index (χ4n) is 1.77. The van der Waals surface area contributed by atoms with Gasteiger partial charge in [-0.2, -0.15) is 0 Å². The Morgan fingerprint density at radius 3 is 1.67 bits per heavy atom. The van der Waals surface area contributed by atoms with E-state index >= 15 is 0 Å². The number of rotatable bonds is 4. The van der Waals surface area contributed by atoms with E-state index in [-0.39, 0.29) is 10.5 Å². The molecule has 2 rings (SSSR count). The van der Waals surface area contributed by atoms with E-state index in [4.69, 9.17) is 23.2 Å². The first kappa shape index (κ1) is 13.0. The molecule has 0 aliphatic rings. The molecule has 91 valence electrons. The molecule has 2 aromatic rings. The van der Waals surface area contributed by atoms with E-state index in [1.807, 2.05) is 60.7 Å². The van der Waals surface area contributed by atoms with E-state index in [9.17, 15) is 0 Å².